The number of amides is 3. The molecule has 3 saturated heterocycles. The van der Waals surface area contributed by atoms with Crippen molar-refractivity contribution in [2.75, 3.05) is 23.8 Å². The fourth-order valence-electron chi connectivity index (χ4n) is 7.27. The van der Waals surface area contributed by atoms with Crippen molar-refractivity contribution in [3.63, 3.8) is 0 Å². The molecule has 0 saturated carbocycles. The van der Waals surface area contributed by atoms with Gasteiger partial charge in [0.1, 0.15) is 17.4 Å². The standard InChI is InChI=1S/C32H41N3O6/c1-7-40-22-13-11-21(12-14-22)33-28(37)24-25-30(39)35(23(17-36)18(2)3)27(32(25)16-15-31(24,6)41-32)29(38)34-26-19(4)9-8-10-20(26)5/h8-14,18,23-25,27,36H,7,15-17H2,1-6H3,(H,33,37)(H,34,38)/t23-,24-,25-,27?,31+,32?/m0/s1. The SMILES string of the molecule is CCOc1ccc(NC(=O)[C@@H]2[C@H]3C(=O)N([C@@H](CO)C(C)C)C(C(=O)Nc4c(C)cccc4C)C34CC[C@@]2(C)O4)cc1. The van der Waals surface area contributed by atoms with E-state index >= 15 is 0 Å². The summed E-state index contributed by atoms with van der Waals surface area (Å²) in [5.74, 6) is -2.10. The van der Waals surface area contributed by atoms with E-state index in [4.69, 9.17) is 9.47 Å². The van der Waals surface area contributed by atoms with Crippen LogP contribution in [0.15, 0.2) is 42.5 Å². The van der Waals surface area contributed by atoms with E-state index in [2.05, 4.69) is 10.6 Å². The first-order valence-electron chi connectivity index (χ1n) is 14.5. The van der Waals surface area contributed by atoms with Crippen molar-refractivity contribution in [1.29, 1.82) is 0 Å². The summed E-state index contributed by atoms with van der Waals surface area (Å²) < 4.78 is 12.2. The van der Waals surface area contributed by atoms with Crippen LogP contribution >= 0.6 is 0 Å². The summed E-state index contributed by atoms with van der Waals surface area (Å²) in [5.41, 5.74) is 0.990. The Labute approximate surface area is 241 Å². The Hall–Kier alpha value is -3.43. The van der Waals surface area contributed by atoms with Gasteiger partial charge in [0.25, 0.3) is 0 Å². The van der Waals surface area contributed by atoms with Crippen molar-refractivity contribution in [2.45, 2.75) is 77.7 Å². The van der Waals surface area contributed by atoms with Crippen LogP contribution in [-0.4, -0.2) is 64.2 Å². The molecule has 2 aromatic carbocycles. The number of aryl methyl sites for hydroxylation is 2. The van der Waals surface area contributed by atoms with Crippen molar-refractivity contribution in [1.82, 2.24) is 4.90 Å². The van der Waals surface area contributed by atoms with Crippen LogP contribution in [0.5, 0.6) is 5.75 Å². The smallest absolute Gasteiger partial charge is 0.250 e. The number of nitrogens with one attached hydrogen (secondary N) is 2. The predicted octanol–water partition coefficient (Wildman–Crippen LogP) is 4.06. The third kappa shape index (κ3) is 4.69. The summed E-state index contributed by atoms with van der Waals surface area (Å²) in [7, 11) is 0. The summed E-state index contributed by atoms with van der Waals surface area (Å²) in [4.78, 5) is 44.0. The van der Waals surface area contributed by atoms with Crippen LogP contribution in [0.3, 0.4) is 0 Å². The molecule has 220 valence electrons. The number of aliphatic hydroxyl groups is 1. The summed E-state index contributed by atoms with van der Waals surface area (Å²) in [6.45, 7) is 11.7. The first-order valence-corrected chi connectivity index (χ1v) is 14.5. The highest BCUT2D eigenvalue weighted by molar-refractivity contribution is 6.05. The Kier molecular flexibility index (Phi) is 7.63. The molecule has 0 aliphatic carbocycles. The Morgan fingerprint density at radius 1 is 1.07 bits per heavy atom. The maximum Gasteiger partial charge on any atom is 0.250 e. The Morgan fingerprint density at radius 2 is 1.73 bits per heavy atom. The minimum atomic E-state index is -1.18. The van der Waals surface area contributed by atoms with Gasteiger partial charge in [-0.15, -0.1) is 0 Å². The molecule has 3 amide bonds. The van der Waals surface area contributed by atoms with Gasteiger partial charge < -0.3 is 30.1 Å². The van der Waals surface area contributed by atoms with Crippen LogP contribution < -0.4 is 15.4 Å². The molecule has 0 aromatic heterocycles. The van der Waals surface area contributed by atoms with Crippen LogP contribution in [-0.2, 0) is 19.1 Å². The number of carbonyl (C=O) groups excluding carboxylic acids is 3. The zero-order valence-electron chi connectivity index (χ0n) is 24.7. The van der Waals surface area contributed by atoms with Gasteiger partial charge in [-0.2, -0.15) is 0 Å². The maximum atomic E-state index is 14.4. The van der Waals surface area contributed by atoms with E-state index < -0.39 is 35.1 Å². The van der Waals surface area contributed by atoms with Gasteiger partial charge in [0.05, 0.1) is 36.7 Å². The van der Waals surface area contributed by atoms with Crippen molar-refractivity contribution in [2.24, 2.45) is 17.8 Å². The number of ether oxygens (including phenoxy) is 2. The number of hydrogen-bond donors (Lipinski definition) is 3. The topological polar surface area (TPSA) is 117 Å². The number of likely N-dealkylation sites (tertiary alicyclic amines) is 1. The molecule has 6 atom stereocenters. The van der Waals surface area contributed by atoms with E-state index in [1.165, 1.54) is 4.90 Å². The van der Waals surface area contributed by atoms with Gasteiger partial charge in [0.2, 0.25) is 17.7 Å². The van der Waals surface area contributed by atoms with Crippen LogP contribution in [0, 0.1) is 31.6 Å². The number of anilines is 2. The van der Waals surface area contributed by atoms with Gasteiger partial charge in [0, 0.05) is 11.4 Å². The number of aliphatic hydroxyl groups excluding tert-OH is 1. The average Bonchev–Trinajstić information content (AvgIpc) is 3.49. The first kappa shape index (κ1) is 29.1. The molecule has 2 aromatic rings. The van der Waals surface area contributed by atoms with Gasteiger partial charge in [-0.05, 0) is 81.8 Å². The number of hydrogen-bond acceptors (Lipinski definition) is 6. The minimum Gasteiger partial charge on any atom is -0.494 e. The van der Waals surface area contributed by atoms with Crippen LogP contribution in [0.1, 0.15) is 51.7 Å². The molecule has 3 aliphatic rings. The fraction of sp³-hybridized carbons (Fsp3) is 0.531. The largest absolute Gasteiger partial charge is 0.494 e. The van der Waals surface area contributed by atoms with Crippen molar-refractivity contribution < 1.29 is 29.0 Å². The highest BCUT2D eigenvalue weighted by atomic mass is 16.5. The van der Waals surface area contributed by atoms with Crippen molar-refractivity contribution >= 4 is 29.1 Å². The molecule has 3 N–H and O–H groups in total. The Balaban J connectivity index is 1.52. The van der Waals surface area contributed by atoms with Gasteiger partial charge >= 0.3 is 0 Å². The third-order valence-corrected chi connectivity index (χ3v) is 9.22. The predicted molar refractivity (Wildman–Crippen MR) is 156 cm³/mol. The summed E-state index contributed by atoms with van der Waals surface area (Å²) >= 11 is 0. The van der Waals surface area contributed by atoms with Crippen LogP contribution in [0.4, 0.5) is 11.4 Å². The second-order valence-corrected chi connectivity index (χ2v) is 12.2. The Bertz CT molecular complexity index is 1320. The molecule has 1 spiro atoms. The highest BCUT2D eigenvalue weighted by Gasteiger charge is 2.78. The number of carbonyl (C=O) groups is 3. The zero-order chi connectivity index (χ0) is 29.7. The second-order valence-electron chi connectivity index (χ2n) is 12.2. The van der Waals surface area contributed by atoms with E-state index in [1.807, 2.05) is 59.7 Å². The summed E-state index contributed by atoms with van der Waals surface area (Å²) in [5, 5.41) is 16.5. The Morgan fingerprint density at radius 3 is 2.32 bits per heavy atom. The summed E-state index contributed by atoms with van der Waals surface area (Å²) in [6, 6.07) is 11.3. The lowest BCUT2D eigenvalue weighted by atomic mass is 9.66. The van der Waals surface area contributed by atoms with Gasteiger partial charge in [-0.1, -0.05) is 32.0 Å². The lowest BCUT2D eigenvalue weighted by Gasteiger charge is -2.38. The molecule has 9 nitrogen and oxygen atoms in total. The van der Waals surface area contributed by atoms with Gasteiger partial charge in [-0.25, -0.2) is 0 Å². The molecule has 0 radical (unpaired) electrons. The van der Waals surface area contributed by atoms with E-state index in [0.717, 1.165) is 11.1 Å². The molecular weight excluding hydrogens is 522 g/mol. The molecule has 2 unspecified atom stereocenters. The lowest BCUT2D eigenvalue weighted by Crippen LogP contribution is -2.57. The van der Waals surface area contributed by atoms with Crippen LogP contribution in [0.2, 0.25) is 0 Å². The number of rotatable bonds is 9. The van der Waals surface area contributed by atoms with Crippen molar-refractivity contribution in [3.05, 3.63) is 53.6 Å². The molecule has 3 fully saturated rings. The zero-order valence-corrected chi connectivity index (χ0v) is 24.7. The highest BCUT2D eigenvalue weighted by Crippen LogP contribution is 2.63. The quantitative estimate of drug-likeness (QED) is 0.424. The molecule has 9 heteroatoms. The molecule has 3 aliphatic heterocycles. The monoisotopic (exact) mass is 563 g/mol. The summed E-state index contributed by atoms with van der Waals surface area (Å²) in [6.07, 6.45) is 0.995. The number of nitrogens with zero attached hydrogens (tertiary/aromatic N) is 1. The number of para-hydroxylation sites is 1. The first-order chi connectivity index (χ1) is 19.5. The molecule has 41 heavy (non-hydrogen) atoms. The van der Waals surface area contributed by atoms with E-state index in [9.17, 15) is 19.5 Å². The van der Waals surface area contributed by atoms with Gasteiger partial charge in [-0.3, -0.25) is 14.4 Å². The normalized spacial score (nSPS) is 29.0. The molecule has 3 heterocycles. The number of benzene rings is 2. The van der Waals surface area contributed by atoms with E-state index in [0.29, 0.717) is 36.6 Å². The molecule has 2 bridgehead atoms. The van der Waals surface area contributed by atoms with Crippen LogP contribution in [0.25, 0.3) is 0 Å². The van der Waals surface area contributed by atoms with Crippen molar-refractivity contribution in [3.8, 4) is 5.75 Å². The second kappa shape index (κ2) is 10.8. The average molecular weight is 564 g/mol. The fourth-order valence-corrected chi connectivity index (χ4v) is 7.27. The molecule has 5 rings (SSSR count). The lowest BCUT2D eigenvalue weighted by molar-refractivity contribution is -0.148. The van der Waals surface area contributed by atoms with E-state index in [1.54, 1.807) is 24.3 Å². The maximum absolute atomic E-state index is 14.4. The number of fused-ring (bicyclic) bond motifs is 1. The minimum absolute atomic E-state index is 0.126. The van der Waals surface area contributed by atoms with Gasteiger partial charge in [0.15, 0.2) is 0 Å². The third-order valence-electron chi connectivity index (χ3n) is 9.22. The van der Waals surface area contributed by atoms with E-state index in [-0.39, 0.29) is 30.2 Å². The molecular formula is C32H41N3O6.